The summed E-state index contributed by atoms with van der Waals surface area (Å²) in [4.78, 5) is 38.2. The molecule has 0 spiro atoms. The van der Waals surface area contributed by atoms with Gasteiger partial charge in [0.2, 0.25) is 5.91 Å². The van der Waals surface area contributed by atoms with Gasteiger partial charge in [0.25, 0.3) is 5.91 Å². The lowest BCUT2D eigenvalue weighted by atomic mass is 9.88. The highest BCUT2D eigenvalue weighted by Gasteiger charge is 2.50. The molecule has 136 valence electrons. The highest BCUT2D eigenvalue weighted by atomic mass is 35.5. The Hall–Kier alpha value is -1.79. The maximum Gasteiger partial charge on any atom is 0.325 e. The first-order valence-electron chi connectivity index (χ1n) is 8.22. The summed E-state index contributed by atoms with van der Waals surface area (Å²) in [7, 11) is 0. The van der Waals surface area contributed by atoms with E-state index in [9.17, 15) is 14.4 Å². The van der Waals surface area contributed by atoms with Crippen LogP contribution in [0.1, 0.15) is 39.5 Å². The van der Waals surface area contributed by atoms with E-state index in [2.05, 4.69) is 10.6 Å². The lowest BCUT2D eigenvalue weighted by Crippen LogP contribution is -2.47. The topological polar surface area (TPSA) is 78.5 Å². The summed E-state index contributed by atoms with van der Waals surface area (Å²) in [5, 5.41) is 6.09. The molecule has 0 bridgehead atoms. The van der Waals surface area contributed by atoms with Crippen molar-refractivity contribution in [2.75, 3.05) is 11.9 Å². The third-order valence-electron chi connectivity index (χ3n) is 4.11. The van der Waals surface area contributed by atoms with Gasteiger partial charge >= 0.3 is 6.03 Å². The maximum absolute atomic E-state index is 12.7. The van der Waals surface area contributed by atoms with Gasteiger partial charge < -0.3 is 10.6 Å². The van der Waals surface area contributed by atoms with E-state index in [1.807, 2.05) is 13.8 Å². The van der Waals surface area contributed by atoms with Crippen LogP contribution in [-0.4, -0.2) is 34.8 Å². The van der Waals surface area contributed by atoms with E-state index in [0.717, 1.165) is 17.7 Å². The molecule has 25 heavy (non-hydrogen) atoms. The van der Waals surface area contributed by atoms with Crippen LogP contribution in [0.2, 0.25) is 10.0 Å². The minimum Gasteiger partial charge on any atom is -0.323 e. The normalized spacial score (nSPS) is 16.1. The van der Waals surface area contributed by atoms with Gasteiger partial charge in [0.15, 0.2) is 0 Å². The molecule has 4 amide bonds. The summed E-state index contributed by atoms with van der Waals surface area (Å²) >= 11 is 11.8. The number of carbonyl (C=O) groups is 3. The van der Waals surface area contributed by atoms with E-state index in [4.69, 9.17) is 23.2 Å². The number of benzene rings is 1. The number of halogens is 2. The van der Waals surface area contributed by atoms with Crippen molar-refractivity contribution in [2.45, 2.75) is 45.1 Å². The third kappa shape index (κ3) is 4.25. The number of rotatable bonds is 7. The summed E-state index contributed by atoms with van der Waals surface area (Å²) in [5.41, 5.74) is -0.532. The highest BCUT2D eigenvalue weighted by Crippen LogP contribution is 2.28. The Labute approximate surface area is 156 Å². The molecule has 2 N–H and O–H groups in total. The second kappa shape index (κ2) is 8.06. The van der Waals surface area contributed by atoms with Crippen molar-refractivity contribution in [3.8, 4) is 0 Å². The molecule has 1 fully saturated rings. The average molecular weight is 386 g/mol. The number of imide groups is 1. The molecule has 1 aromatic carbocycles. The molecule has 0 saturated carbocycles. The Kier molecular flexibility index (Phi) is 6.30. The lowest BCUT2D eigenvalue weighted by molar-refractivity contribution is -0.134. The van der Waals surface area contributed by atoms with Crippen LogP contribution in [-0.2, 0) is 9.59 Å². The van der Waals surface area contributed by atoms with Gasteiger partial charge in [0.05, 0.1) is 10.7 Å². The first-order valence-corrected chi connectivity index (χ1v) is 8.97. The highest BCUT2D eigenvalue weighted by molar-refractivity contribution is 6.36. The van der Waals surface area contributed by atoms with Gasteiger partial charge in [-0.2, -0.15) is 0 Å². The van der Waals surface area contributed by atoms with Crippen molar-refractivity contribution in [3.63, 3.8) is 0 Å². The molecule has 0 radical (unpaired) electrons. The van der Waals surface area contributed by atoms with Crippen LogP contribution < -0.4 is 10.6 Å². The molecule has 0 aliphatic carbocycles. The summed E-state index contributed by atoms with van der Waals surface area (Å²) in [6.45, 7) is 3.54. The smallest absolute Gasteiger partial charge is 0.323 e. The monoisotopic (exact) mass is 385 g/mol. The lowest BCUT2D eigenvalue weighted by Gasteiger charge is -2.25. The molecule has 1 heterocycles. The predicted octanol–water partition coefficient (Wildman–Crippen LogP) is 3.82. The average Bonchev–Trinajstić information content (AvgIpc) is 2.75. The molecular formula is C17H21Cl2N3O3. The van der Waals surface area contributed by atoms with Gasteiger partial charge in [-0.3, -0.25) is 14.5 Å². The van der Waals surface area contributed by atoms with Crippen molar-refractivity contribution in [1.82, 2.24) is 10.2 Å². The molecule has 0 atom stereocenters. The van der Waals surface area contributed by atoms with Gasteiger partial charge in [-0.25, -0.2) is 4.79 Å². The van der Waals surface area contributed by atoms with Crippen LogP contribution >= 0.6 is 23.2 Å². The number of nitrogens with zero attached hydrogens (tertiary/aromatic N) is 1. The van der Waals surface area contributed by atoms with E-state index in [-0.39, 0.29) is 17.5 Å². The number of hydrogen-bond acceptors (Lipinski definition) is 3. The number of hydrogen-bond donors (Lipinski definition) is 2. The first-order chi connectivity index (χ1) is 11.8. The molecule has 1 aromatic rings. The number of carbonyl (C=O) groups excluding carboxylic acids is 3. The maximum atomic E-state index is 12.7. The van der Waals surface area contributed by atoms with Crippen LogP contribution in [0.25, 0.3) is 0 Å². The third-order valence-corrected chi connectivity index (χ3v) is 4.65. The molecular weight excluding hydrogens is 365 g/mol. The minimum absolute atomic E-state index is 0.282. The summed E-state index contributed by atoms with van der Waals surface area (Å²) in [6, 6.07) is 4.11. The summed E-state index contributed by atoms with van der Waals surface area (Å²) in [5.74, 6) is -0.852. The Morgan fingerprint density at radius 1 is 1.20 bits per heavy atom. The van der Waals surface area contributed by atoms with Crippen LogP contribution in [0.5, 0.6) is 0 Å². The zero-order valence-corrected chi connectivity index (χ0v) is 15.7. The standard InChI is InChI=1S/C17H21Cl2N3O3/c1-3-7-17(8-4-2)15(24)22(16(25)21-17)10-14(23)20-13-6-5-11(18)9-12(13)19/h5-6,9H,3-4,7-8,10H2,1-2H3,(H,20,23)(H,21,25). The van der Waals surface area contributed by atoms with Crippen LogP contribution in [0.15, 0.2) is 18.2 Å². The van der Waals surface area contributed by atoms with E-state index < -0.39 is 17.5 Å². The van der Waals surface area contributed by atoms with E-state index in [0.29, 0.717) is 23.6 Å². The Morgan fingerprint density at radius 3 is 2.40 bits per heavy atom. The Bertz CT molecular complexity index is 688. The molecule has 1 aliphatic heterocycles. The van der Waals surface area contributed by atoms with Crippen molar-refractivity contribution >= 4 is 46.7 Å². The molecule has 1 aliphatic rings. The van der Waals surface area contributed by atoms with Crippen molar-refractivity contribution < 1.29 is 14.4 Å². The molecule has 6 nitrogen and oxygen atoms in total. The minimum atomic E-state index is -0.904. The van der Waals surface area contributed by atoms with E-state index in [1.54, 1.807) is 12.1 Å². The van der Waals surface area contributed by atoms with Crippen molar-refractivity contribution in [1.29, 1.82) is 0 Å². The number of urea groups is 1. The summed E-state index contributed by atoms with van der Waals surface area (Å²) < 4.78 is 0. The zero-order valence-electron chi connectivity index (χ0n) is 14.2. The van der Waals surface area contributed by atoms with Crippen molar-refractivity contribution in [3.05, 3.63) is 28.2 Å². The van der Waals surface area contributed by atoms with Gasteiger partial charge in [0.1, 0.15) is 12.1 Å². The van der Waals surface area contributed by atoms with Gasteiger partial charge in [0, 0.05) is 5.02 Å². The van der Waals surface area contributed by atoms with Gasteiger partial charge in [-0.05, 0) is 31.0 Å². The molecule has 0 unspecified atom stereocenters. The Morgan fingerprint density at radius 2 is 1.84 bits per heavy atom. The molecule has 1 saturated heterocycles. The molecule has 8 heteroatoms. The summed E-state index contributed by atoms with van der Waals surface area (Å²) in [6.07, 6.45) is 2.61. The number of nitrogens with one attached hydrogen (secondary N) is 2. The Balaban J connectivity index is 2.09. The van der Waals surface area contributed by atoms with Crippen LogP contribution in [0, 0.1) is 0 Å². The number of amides is 4. The van der Waals surface area contributed by atoms with E-state index >= 15 is 0 Å². The number of anilines is 1. The van der Waals surface area contributed by atoms with E-state index in [1.165, 1.54) is 6.07 Å². The molecule has 0 aromatic heterocycles. The SMILES string of the molecule is CCCC1(CCC)NC(=O)N(CC(=O)Nc2ccc(Cl)cc2Cl)C1=O. The van der Waals surface area contributed by atoms with Gasteiger partial charge in [-0.15, -0.1) is 0 Å². The fourth-order valence-electron chi connectivity index (χ4n) is 3.06. The molecule has 2 rings (SSSR count). The fraction of sp³-hybridized carbons (Fsp3) is 0.471. The van der Waals surface area contributed by atoms with Crippen LogP contribution in [0.3, 0.4) is 0 Å². The quantitative estimate of drug-likeness (QED) is 0.700. The fourth-order valence-corrected chi connectivity index (χ4v) is 3.52. The largest absolute Gasteiger partial charge is 0.325 e. The van der Waals surface area contributed by atoms with Crippen LogP contribution in [0.4, 0.5) is 10.5 Å². The zero-order chi connectivity index (χ0) is 18.6. The first kappa shape index (κ1) is 19.5. The van der Waals surface area contributed by atoms with Crippen molar-refractivity contribution in [2.24, 2.45) is 0 Å². The predicted molar refractivity (Wildman–Crippen MR) is 97.9 cm³/mol. The van der Waals surface area contributed by atoms with Gasteiger partial charge in [-0.1, -0.05) is 49.9 Å². The second-order valence-electron chi connectivity index (χ2n) is 6.08. The second-order valence-corrected chi connectivity index (χ2v) is 6.92.